The number of carbonyl (C=O) groups excluding carboxylic acids is 2. The fraction of sp³-hybridized carbons (Fsp3) is 0.727. The number of primary amides is 1. The predicted octanol–water partition coefficient (Wildman–Crippen LogP) is -0.101. The molecule has 1 unspecified atom stereocenters. The first-order chi connectivity index (χ1) is 8.23. The van der Waals surface area contributed by atoms with Crippen molar-refractivity contribution >= 4 is 17.9 Å². The molecule has 7 nitrogen and oxygen atoms in total. The van der Waals surface area contributed by atoms with Crippen LogP contribution in [0.3, 0.4) is 0 Å². The Kier molecular flexibility index (Phi) is 4.15. The van der Waals surface area contributed by atoms with Gasteiger partial charge in [0.2, 0.25) is 5.91 Å². The molecular weight excluding hydrogens is 238 g/mol. The van der Waals surface area contributed by atoms with Gasteiger partial charge in [-0.1, -0.05) is 0 Å². The average Bonchev–Trinajstić information content (AvgIpc) is 2.61. The number of hydrogen-bond acceptors (Lipinski definition) is 3. The fourth-order valence-electron chi connectivity index (χ4n) is 2.09. The predicted molar refractivity (Wildman–Crippen MR) is 63.8 cm³/mol. The summed E-state index contributed by atoms with van der Waals surface area (Å²) in [5.74, 6) is -1.52. The first kappa shape index (κ1) is 14.3. The molecule has 1 fully saturated rings. The minimum Gasteiger partial charge on any atom is -0.481 e. The molecule has 0 aromatic carbocycles. The van der Waals surface area contributed by atoms with Crippen LogP contribution in [0.15, 0.2) is 0 Å². The maximum absolute atomic E-state index is 12.0. The van der Waals surface area contributed by atoms with Crippen molar-refractivity contribution in [2.24, 2.45) is 5.73 Å². The van der Waals surface area contributed by atoms with Gasteiger partial charge >= 0.3 is 12.0 Å². The molecular formula is C11H19N3O4. The first-order valence-corrected chi connectivity index (χ1v) is 5.83. The van der Waals surface area contributed by atoms with Gasteiger partial charge in [-0.3, -0.25) is 9.59 Å². The van der Waals surface area contributed by atoms with Crippen molar-refractivity contribution in [3.63, 3.8) is 0 Å². The number of amides is 3. The maximum atomic E-state index is 12.0. The van der Waals surface area contributed by atoms with Crippen LogP contribution in [0.25, 0.3) is 0 Å². The highest BCUT2D eigenvalue weighted by atomic mass is 16.4. The molecule has 0 aromatic rings. The number of carboxylic acid groups (broad SMARTS) is 1. The van der Waals surface area contributed by atoms with Crippen LogP contribution in [0.1, 0.15) is 33.1 Å². The second-order valence-corrected chi connectivity index (χ2v) is 5.14. The highest BCUT2D eigenvalue weighted by molar-refractivity contribution is 5.87. The summed E-state index contributed by atoms with van der Waals surface area (Å²) in [5, 5.41) is 11.3. The number of hydrogen-bond donors (Lipinski definition) is 3. The minimum absolute atomic E-state index is 0.187. The largest absolute Gasteiger partial charge is 0.481 e. The van der Waals surface area contributed by atoms with E-state index in [-0.39, 0.29) is 6.42 Å². The quantitative estimate of drug-likeness (QED) is 0.652. The third-order valence-electron chi connectivity index (χ3n) is 2.88. The van der Waals surface area contributed by atoms with Crippen LogP contribution in [0.4, 0.5) is 4.79 Å². The van der Waals surface area contributed by atoms with Crippen LogP contribution in [0.2, 0.25) is 0 Å². The zero-order chi connectivity index (χ0) is 13.9. The molecule has 0 saturated carbocycles. The molecule has 4 N–H and O–H groups in total. The lowest BCUT2D eigenvalue weighted by Gasteiger charge is -2.30. The van der Waals surface area contributed by atoms with Gasteiger partial charge in [-0.15, -0.1) is 0 Å². The molecule has 0 bridgehead atoms. The minimum atomic E-state index is -0.992. The lowest BCUT2D eigenvalue weighted by Crippen LogP contribution is -2.54. The van der Waals surface area contributed by atoms with Crippen molar-refractivity contribution in [3.05, 3.63) is 0 Å². The van der Waals surface area contributed by atoms with Crippen LogP contribution in [-0.4, -0.2) is 46.0 Å². The number of urea groups is 1. The van der Waals surface area contributed by atoms with Gasteiger partial charge in [0.1, 0.15) is 6.04 Å². The van der Waals surface area contributed by atoms with Crippen molar-refractivity contribution in [2.45, 2.75) is 44.7 Å². The number of carboxylic acids is 1. The zero-order valence-corrected chi connectivity index (χ0v) is 10.6. The van der Waals surface area contributed by atoms with Crippen LogP contribution in [0.5, 0.6) is 0 Å². The molecule has 18 heavy (non-hydrogen) atoms. The van der Waals surface area contributed by atoms with E-state index in [1.165, 1.54) is 4.90 Å². The molecule has 0 aliphatic carbocycles. The monoisotopic (exact) mass is 257 g/mol. The number of carbonyl (C=O) groups is 3. The summed E-state index contributed by atoms with van der Waals surface area (Å²) in [6.45, 7) is 3.70. The third kappa shape index (κ3) is 3.61. The first-order valence-electron chi connectivity index (χ1n) is 5.83. The van der Waals surface area contributed by atoms with Gasteiger partial charge in [0, 0.05) is 12.1 Å². The Labute approximate surface area is 105 Å². The number of nitrogens with zero attached hydrogens (tertiary/aromatic N) is 1. The number of rotatable bonds is 4. The van der Waals surface area contributed by atoms with E-state index in [1.54, 1.807) is 13.8 Å². The summed E-state index contributed by atoms with van der Waals surface area (Å²) in [7, 11) is 0. The van der Waals surface area contributed by atoms with E-state index < -0.39 is 29.5 Å². The Hall–Kier alpha value is -1.79. The van der Waals surface area contributed by atoms with Crippen LogP contribution < -0.4 is 11.1 Å². The van der Waals surface area contributed by atoms with Gasteiger partial charge < -0.3 is 21.1 Å². The smallest absolute Gasteiger partial charge is 0.318 e. The van der Waals surface area contributed by atoms with Gasteiger partial charge in [0.05, 0.1) is 6.42 Å². The van der Waals surface area contributed by atoms with Gasteiger partial charge in [0.15, 0.2) is 0 Å². The second-order valence-electron chi connectivity index (χ2n) is 5.14. The number of aliphatic carboxylic acids is 1. The lowest BCUT2D eigenvalue weighted by atomic mass is 10.0. The van der Waals surface area contributed by atoms with E-state index >= 15 is 0 Å². The number of likely N-dealkylation sites (tertiary alicyclic amines) is 1. The fourth-order valence-corrected chi connectivity index (χ4v) is 2.09. The molecule has 1 aliphatic rings. The normalized spacial score (nSPS) is 19.7. The Balaban J connectivity index is 2.65. The topological polar surface area (TPSA) is 113 Å². The van der Waals surface area contributed by atoms with Gasteiger partial charge in [-0.05, 0) is 26.7 Å². The summed E-state index contributed by atoms with van der Waals surface area (Å²) in [4.78, 5) is 35.2. The van der Waals surface area contributed by atoms with Crippen molar-refractivity contribution in [3.8, 4) is 0 Å². The van der Waals surface area contributed by atoms with Crippen LogP contribution in [0, 0.1) is 0 Å². The molecule has 7 heteroatoms. The summed E-state index contributed by atoms with van der Waals surface area (Å²) in [5.41, 5.74) is 4.35. The Morgan fingerprint density at radius 1 is 1.44 bits per heavy atom. The lowest BCUT2D eigenvalue weighted by molar-refractivity contribution is -0.138. The Morgan fingerprint density at radius 3 is 2.56 bits per heavy atom. The molecule has 102 valence electrons. The highest BCUT2D eigenvalue weighted by Crippen LogP contribution is 2.18. The highest BCUT2D eigenvalue weighted by Gasteiger charge is 2.35. The SMILES string of the molecule is CC(C)(CC(=O)O)NC(=O)N1CCCC1C(N)=O. The van der Waals surface area contributed by atoms with E-state index in [1.807, 2.05) is 0 Å². The molecule has 3 amide bonds. The summed E-state index contributed by atoms with van der Waals surface area (Å²) >= 11 is 0. The standard InChI is InChI=1S/C11H19N3O4/c1-11(2,6-8(15)16)13-10(18)14-5-3-4-7(14)9(12)17/h7H,3-6H2,1-2H3,(H2,12,17)(H,13,18)(H,15,16). The molecule has 1 saturated heterocycles. The van der Waals surface area contributed by atoms with Crippen LogP contribution >= 0.6 is 0 Å². The molecule has 1 heterocycles. The van der Waals surface area contributed by atoms with E-state index in [4.69, 9.17) is 10.8 Å². The second kappa shape index (κ2) is 5.24. The van der Waals surface area contributed by atoms with Gasteiger partial charge in [0.25, 0.3) is 0 Å². The molecule has 0 radical (unpaired) electrons. The van der Waals surface area contributed by atoms with E-state index in [2.05, 4.69) is 5.32 Å². The van der Waals surface area contributed by atoms with Gasteiger partial charge in [-0.25, -0.2) is 4.79 Å². The number of nitrogens with two attached hydrogens (primary N) is 1. The van der Waals surface area contributed by atoms with Gasteiger partial charge in [-0.2, -0.15) is 0 Å². The maximum Gasteiger partial charge on any atom is 0.318 e. The third-order valence-corrected chi connectivity index (χ3v) is 2.88. The molecule has 1 atom stereocenters. The van der Waals surface area contributed by atoms with Crippen molar-refractivity contribution in [1.29, 1.82) is 0 Å². The van der Waals surface area contributed by atoms with Crippen molar-refractivity contribution in [2.75, 3.05) is 6.54 Å². The van der Waals surface area contributed by atoms with Crippen LogP contribution in [-0.2, 0) is 9.59 Å². The average molecular weight is 257 g/mol. The Morgan fingerprint density at radius 2 is 2.06 bits per heavy atom. The summed E-state index contributed by atoms with van der Waals surface area (Å²) in [6.07, 6.45) is 1.09. The molecule has 0 spiro atoms. The zero-order valence-electron chi connectivity index (χ0n) is 10.6. The summed E-state index contributed by atoms with van der Waals surface area (Å²) < 4.78 is 0. The van der Waals surface area contributed by atoms with Crippen molar-refractivity contribution < 1.29 is 19.5 Å². The van der Waals surface area contributed by atoms with E-state index in [0.717, 1.165) is 6.42 Å². The van der Waals surface area contributed by atoms with E-state index in [9.17, 15) is 14.4 Å². The molecule has 0 aromatic heterocycles. The van der Waals surface area contributed by atoms with E-state index in [0.29, 0.717) is 13.0 Å². The molecule has 1 aliphatic heterocycles. The summed E-state index contributed by atoms with van der Waals surface area (Å²) in [6, 6.07) is -1.03. The Bertz CT molecular complexity index is 367. The molecule has 1 rings (SSSR count). The van der Waals surface area contributed by atoms with Crippen molar-refractivity contribution in [1.82, 2.24) is 10.2 Å². The number of nitrogens with one attached hydrogen (secondary N) is 1.